The number of rotatable bonds is 6. The van der Waals surface area contributed by atoms with Crippen LogP contribution in [0.15, 0.2) is 41.5 Å². The minimum atomic E-state index is -1.45. The van der Waals surface area contributed by atoms with Gasteiger partial charge in [-0.3, -0.25) is 9.59 Å². The number of carbonyl (C=O) groups is 5. The molecule has 9 heteroatoms. The largest absolute Gasteiger partial charge is 0.481 e. The molecule has 27 heavy (non-hydrogen) atoms. The zero-order valence-electron chi connectivity index (χ0n) is 13.9. The maximum absolute atomic E-state index is 12.8. The van der Waals surface area contributed by atoms with Crippen LogP contribution in [0.2, 0.25) is 0 Å². The highest BCUT2D eigenvalue weighted by atomic mass is 16.4. The SMILES string of the molecule is CC1C(C(=O)c2cc(C(=O)O)cc(C(=O)O)c2)=CC(C(=O)O)=CC1C(=O)O. The topological polar surface area (TPSA) is 166 Å². The van der Waals surface area contributed by atoms with Gasteiger partial charge in [-0.25, -0.2) is 14.4 Å². The van der Waals surface area contributed by atoms with Crippen LogP contribution in [-0.2, 0) is 9.59 Å². The van der Waals surface area contributed by atoms with Gasteiger partial charge < -0.3 is 20.4 Å². The van der Waals surface area contributed by atoms with Gasteiger partial charge in [0.15, 0.2) is 5.78 Å². The monoisotopic (exact) mass is 374 g/mol. The van der Waals surface area contributed by atoms with Crippen LogP contribution in [0.25, 0.3) is 0 Å². The number of carbonyl (C=O) groups excluding carboxylic acids is 1. The number of aromatic carboxylic acids is 2. The number of carboxylic acids is 4. The third-order valence-corrected chi connectivity index (χ3v) is 4.18. The van der Waals surface area contributed by atoms with E-state index in [0.717, 1.165) is 30.4 Å². The summed E-state index contributed by atoms with van der Waals surface area (Å²) in [4.78, 5) is 57.9. The fourth-order valence-corrected chi connectivity index (χ4v) is 2.74. The molecule has 140 valence electrons. The summed E-state index contributed by atoms with van der Waals surface area (Å²) in [5, 5.41) is 36.6. The molecule has 0 radical (unpaired) electrons. The summed E-state index contributed by atoms with van der Waals surface area (Å²) in [6, 6.07) is 2.79. The van der Waals surface area contributed by atoms with Gasteiger partial charge in [0.25, 0.3) is 0 Å². The Morgan fingerprint density at radius 1 is 0.778 bits per heavy atom. The molecule has 2 unspecified atom stereocenters. The lowest BCUT2D eigenvalue weighted by Gasteiger charge is -2.24. The quantitative estimate of drug-likeness (QED) is 0.540. The summed E-state index contributed by atoms with van der Waals surface area (Å²) >= 11 is 0. The van der Waals surface area contributed by atoms with E-state index in [2.05, 4.69) is 0 Å². The van der Waals surface area contributed by atoms with Crippen LogP contribution in [0.5, 0.6) is 0 Å². The van der Waals surface area contributed by atoms with Crippen LogP contribution in [0.1, 0.15) is 38.0 Å². The van der Waals surface area contributed by atoms with Crippen LogP contribution in [-0.4, -0.2) is 50.1 Å². The first-order valence-corrected chi connectivity index (χ1v) is 7.58. The Balaban J connectivity index is 2.60. The number of ketones is 1. The third-order valence-electron chi connectivity index (χ3n) is 4.18. The smallest absolute Gasteiger partial charge is 0.335 e. The lowest BCUT2D eigenvalue weighted by molar-refractivity contribution is -0.141. The van der Waals surface area contributed by atoms with Crippen molar-refractivity contribution in [2.75, 3.05) is 0 Å². The van der Waals surface area contributed by atoms with Gasteiger partial charge in [-0.1, -0.05) is 13.0 Å². The molecule has 9 nitrogen and oxygen atoms in total. The first-order chi connectivity index (χ1) is 12.5. The van der Waals surface area contributed by atoms with Gasteiger partial charge in [0.1, 0.15) is 0 Å². The average molecular weight is 374 g/mol. The Kier molecular flexibility index (Phi) is 5.25. The van der Waals surface area contributed by atoms with Crippen molar-refractivity contribution in [3.63, 3.8) is 0 Å². The maximum Gasteiger partial charge on any atom is 0.335 e. The molecule has 0 heterocycles. The lowest BCUT2D eigenvalue weighted by atomic mass is 9.78. The van der Waals surface area contributed by atoms with Crippen molar-refractivity contribution in [2.45, 2.75) is 6.92 Å². The highest BCUT2D eigenvalue weighted by molar-refractivity contribution is 6.13. The van der Waals surface area contributed by atoms with Crippen molar-refractivity contribution < 1.29 is 44.4 Å². The van der Waals surface area contributed by atoms with Crippen molar-refractivity contribution in [3.05, 3.63) is 58.2 Å². The Bertz CT molecular complexity index is 904. The van der Waals surface area contributed by atoms with E-state index in [4.69, 9.17) is 15.3 Å². The van der Waals surface area contributed by atoms with E-state index in [1.807, 2.05) is 0 Å². The molecule has 1 aromatic carbocycles. The van der Waals surface area contributed by atoms with Crippen molar-refractivity contribution >= 4 is 29.7 Å². The lowest BCUT2D eigenvalue weighted by Crippen LogP contribution is -2.28. The molecule has 0 bridgehead atoms. The second-order valence-corrected chi connectivity index (χ2v) is 5.92. The predicted octanol–water partition coefficient (Wildman–Crippen LogP) is 1.55. The van der Waals surface area contributed by atoms with Gasteiger partial charge in [0.2, 0.25) is 0 Å². The highest BCUT2D eigenvalue weighted by Gasteiger charge is 2.34. The predicted molar refractivity (Wildman–Crippen MR) is 88.8 cm³/mol. The molecule has 4 N–H and O–H groups in total. The van der Waals surface area contributed by atoms with E-state index >= 15 is 0 Å². The van der Waals surface area contributed by atoms with E-state index < -0.39 is 58.2 Å². The summed E-state index contributed by atoms with van der Waals surface area (Å²) in [6.45, 7) is 1.41. The van der Waals surface area contributed by atoms with Crippen molar-refractivity contribution in [1.29, 1.82) is 0 Å². The Hall–Kier alpha value is -3.75. The van der Waals surface area contributed by atoms with E-state index in [1.165, 1.54) is 6.92 Å². The number of allylic oxidation sites excluding steroid dienone is 1. The van der Waals surface area contributed by atoms with E-state index in [0.29, 0.717) is 0 Å². The standard InChI is InChI=1S/C18H14O9/c1-7-12(5-11(17(24)25)6-13(7)18(26)27)14(19)8-2-9(15(20)21)4-10(3-8)16(22)23/h2-7,13H,1H3,(H,20,21)(H,22,23)(H,24,25)(H,26,27). The molecule has 1 aliphatic carbocycles. The van der Waals surface area contributed by atoms with Crippen molar-refractivity contribution in [2.24, 2.45) is 11.8 Å². The van der Waals surface area contributed by atoms with Gasteiger partial charge in [-0.05, 0) is 24.3 Å². The number of Topliss-reactive ketones (excluding diaryl/α,β-unsaturated/α-hetero) is 1. The summed E-state index contributed by atoms with van der Waals surface area (Å²) < 4.78 is 0. The number of hydrogen-bond acceptors (Lipinski definition) is 5. The van der Waals surface area contributed by atoms with Crippen molar-refractivity contribution in [3.8, 4) is 0 Å². The molecular weight excluding hydrogens is 360 g/mol. The second kappa shape index (κ2) is 7.24. The van der Waals surface area contributed by atoms with Crippen LogP contribution in [0, 0.1) is 11.8 Å². The molecule has 1 aromatic rings. The molecular formula is C18H14O9. The first kappa shape index (κ1) is 19.6. The molecule has 1 aliphatic rings. The molecule has 0 amide bonds. The van der Waals surface area contributed by atoms with E-state index in [1.54, 1.807) is 0 Å². The van der Waals surface area contributed by atoms with Crippen molar-refractivity contribution in [1.82, 2.24) is 0 Å². The van der Waals surface area contributed by atoms with E-state index in [-0.39, 0.29) is 11.1 Å². The molecule has 0 saturated heterocycles. The van der Waals surface area contributed by atoms with Crippen LogP contribution >= 0.6 is 0 Å². The third kappa shape index (κ3) is 3.92. The second-order valence-electron chi connectivity index (χ2n) is 5.92. The van der Waals surface area contributed by atoms with Gasteiger partial charge in [-0.2, -0.15) is 0 Å². The summed E-state index contributed by atoms with van der Waals surface area (Å²) in [6.07, 6.45) is 2.03. The maximum atomic E-state index is 12.8. The molecule has 0 aliphatic heterocycles. The Morgan fingerprint density at radius 2 is 1.26 bits per heavy atom. The van der Waals surface area contributed by atoms with Crippen LogP contribution in [0.4, 0.5) is 0 Å². The van der Waals surface area contributed by atoms with Crippen LogP contribution in [0.3, 0.4) is 0 Å². The summed E-state index contributed by atoms with van der Waals surface area (Å²) in [5.74, 6) is -8.68. The normalized spacial score (nSPS) is 18.9. The fraction of sp³-hybridized carbons (Fsp3) is 0.167. The minimum Gasteiger partial charge on any atom is -0.481 e. The van der Waals surface area contributed by atoms with E-state index in [9.17, 15) is 29.1 Å². The molecule has 2 rings (SSSR count). The van der Waals surface area contributed by atoms with Gasteiger partial charge >= 0.3 is 23.9 Å². The minimum absolute atomic E-state index is 0.166. The number of hydrogen-bond donors (Lipinski definition) is 4. The van der Waals surface area contributed by atoms with Gasteiger partial charge in [-0.15, -0.1) is 0 Å². The first-order valence-electron chi connectivity index (χ1n) is 7.58. The number of carboxylic acid groups (broad SMARTS) is 4. The molecule has 0 fully saturated rings. The zero-order chi connectivity index (χ0) is 20.5. The Morgan fingerprint density at radius 3 is 1.67 bits per heavy atom. The summed E-state index contributed by atoms with van der Waals surface area (Å²) in [7, 11) is 0. The fourth-order valence-electron chi connectivity index (χ4n) is 2.74. The van der Waals surface area contributed by atoms with Crippen LogP contribution < -0.4 is 0 Å². The number of benzene rings is 1. The number of aliphatic carboxylic acids is 2. The molecule has 0 aromatic heterocycles. The molecule has 0 spiro atoms. The highest BCUT2D eigenvalue weighted by Crippen LogP contribution is 2.32. The average Bonchev–Trinajstić information content (AvgIpc) is 2.60. The molecule has 2 atom stereocenters. The Labute approximate surface area is 151 Å². The summed E-state index contributed by atoms with van der Waals surface area (Å²) in [5.41, 5.74) is -1.73. The van der Waals surface area contributed by atoms with Gasteiger partial charge in [0.05, 0.1) is 22.6 Å². The zero-order valence-corrected chi connectivity index (χ0v) is 13.9. The van der Waals surface area contributed by atoms with Gasteiger partial charge in [0, 0.05) is 17.1 Å². The molecule has 0 saturated carbocycles.